The van der Waals surface area contributed by atoms with E-state index >= 15 is 0 Å². The molecule has 1 saturated heterocycles. The Hall–Kier alpha value is -1.30. The molecule has 1 aliphatic heterocycles. The normalized spacial score (nSPS) is 19.6. The minimum atomic E-state index is -0.513. The first-order valence-electron chi connectivity index (χ1n) is 8.43. The first kappa shape index (κ1) is 18.0. The zero-order valence-corrected chi connectivity index (χ0v) is 14.5. The van der Waals surface area contributed by atoms with Crippen molar-refractivity contribution in [3.63, 3.8) is 0 Å². The third kappa shape index (κ3) is 6.77. The highest BCUT2D eigenvalue weighted by Gasteiger charge is 2.18. The summed E-state index contributed by atoms with van der Waals surface area (Å²) in [5.74, 6) is 1.37. The molecule has 1 fully saturated rings. The third-order valence-corrected chi connectivity index (χ3v) is 3.73. The fourth-order valence-electron chi connectivity index (χ4n) is 2.39. The minimum absolute atomic E-state index is 0.100. The molecule has 1 heterocycles. The molecule has 0 aromatic heterocycles. The predicted octanol–water partition coefficient (Wildman–Crippen LogP) is 1.35. The molecule has 0 radical (unpaired) electrons. The summed E-state index contributed by atoms with van der Waals surface area (Å²) in [6, 6.07) is 7.58. The van der Waals surface area contributed by atoms with Crippen molar-refractivity contribution in [3.05, 3.63) is 24.3 Å². The zero-order valence-electron chi connectivity index (χ0n) is 14.5. The lowest BCUT2D eigenvalue weighted by Gasteiger charge is -2.20. The van der Waals surface area contributed by atoms with Gasteiger partial charge in [0.05, 0.1) is 11.6 Å². The van der Waals surface area contributed by atoms with Gasteiger partial charge in [-0.3, -0.25) is 0 Å². The fraction of sp³-hybridized carbons (Fsp3) is 0.667. The topological polar surface area (TPSA) is 64.5 Å². The van der Waals surface area contributed by atoms with E-state index in [1.165, 1.54) is 0 Å². The lowest BCUT2D eigenvalue weighted by molar-refractivity contribution is -0.722. The molecule has 23 heavy (non-hydrogen) atoms. The summed E-state index contributed by atoms with van der Waals surface area (Å²) in [7, 11) is 0. The number of ether oxygens (including phenoxy) is 3. The average Bonchev–Trinajstić information content (AvgIpc) is 3.02. The average molecular weight is 324 g/mol. The van der Waals surface area contributed by atoms with Gasteiger partial charge in [0.25, 0.3) is 0 Å². The molecule has 0 amide bonds. The van der Waals surface area contributed by atoms with Crippen molar-refractivity contribution in [3.8, 4) is 11.5 Å². The summed E-state index contributed by atoms with van der Waals surface area (Å²) < 4.78 is 17.1. The van der Waals surface area contributed by atoms with Crippen molar-refractivity contribution >= 4 is 0 Å². The summed E-state index contributed by atoms with van der Waals surface area (Å²) in [5, 5.41) is 12.2. The van der Waals surface area contributed by atoms with Crippen molar-refractivity contribution in [2.45, 2.75) is 51.4 Å². The molecule has 0 unspecified atom stereocenters. The largest absolute Gasteiger partial charge is 0.487 e. The summed E-state index contributed by atoms with van der Waals surface area (Å²) >= 11 is 0. The van der Waals surface area contributed by atoms with Crippen molar-refractivity contribution in [2.75, 3.05) is 26.4 Å². The van der Waals surface area contributed by atoms with Crippen LogP contribution in [0.25, 0.3) is 0 Å². The van der Waals surface area contributed by atoms with Crippen LogP contribution in [-0.4, -0.2) is 49.2 Å². The molecular weight excluding hydrogens is 294 g/mol. The standard InChI is InChI=1S/C18H29NO4/c1-18(2,3)19-11-14(20)12-22-16-8-4-5-9-17(16)23-13-15-7-6-10-21-15/h4-5,8-9,14-15,19-20H,6-7,10-13H2,1-3H3/p+1/t14-,15+/m0/s1. The van der Waals surface area contributed by atoms with Gasteiger partial charge in [0.2, 0.25) is 0 Å². The van der Waals surface area contributed by atoms with E-state index in [2.05, 4.69) is 26.1 Å². The maximum atomic E-state index is 10.1. The smallest absolute Gasteiger partial charge is 0.161 e. The second kappa shape index (κ2) is 8.52. The summed E-state index contributed by atoms with van der Waals surface area (Å²) in [4.78, 5) is 0. The van der Waals surface area contributed by atoms with Crippen molar-refractivity contribution in [1.29, 1.82) is 0 Å². The minimum Gasteiger partial charge on any atom is -0.487 e. The highest BCUT2D eigenvalue weighted by atomic mass is 16.6. The van der Waals surface area contributed by atoms with Crippen LogP contribution in [0.3, 0.4) is 0 Å². The lowest BCUT2D eigenvalue weighted by atomic mass is 10.1. The number of aliphatic hydroxyl groups is 1. The highest BCUT2D eigenvalue weighted by Crippen LogP contribution is 2.27. The summed E-state index contributed by atoms with van der Waals surface area (Å²) in [6.45, 7) is 8.59. The van der Waals surface area contributed by atoms with Crippen LogP contribution in [-0.2, 0) is 4.74 Å². The van der Waals surface area contributed by atoms with Crippen LogP contribution in [0.15, 0.2) is 24.3 Å². The second-order valence-corrected chi connectivity index (χ2v) is 7.16. The third-order valence-electron chi connectivity index (χ3n) is 3.73. The molecule has 0 spiro atoms. The van der Waals surface area contributed by atoms with E-state index < -0.39 is 6.10 Å². The van der Waals surface area contributed by atoms with E-state index in [1.807, 2.05) is 24.3 Å². The van der Waals surface area contributed by atoms with Crippen LogP contribution >= 0.6 is 0 Å². The number of benzene rings is 1. The Morgan fingerprint density at radius 3 is 2.57 bits per heavy atom. The van der Waals surface area contributed by atoms with Gasteiger partial charge in [-0.05, 0) is 45.7 Å². The van der Waals surface area contributed by atoms with Gasteiger partial charge in [-0.25, -0.2) is 0 Å². The molecule has 5 heteroatoms. The van der Waals surface area contributed by atoms with Crippen LogP contribution in [0.1, 0.15) is 33.6 Å². The van der Waals surface area contributed by atoms with Gasteiger partial charge in [-0.1, -0.05) is 12.1 Å². The molecular formula is C18H30NO4+. The Bertz CT molecular complexity index is 466. The molecule has 1 aromatic carbocycles. The maximum Gasteiger partial charge on any atom is 0.161 e. The van der Waals surface area contributed by atoms with E-state index in [-0.39, 0.29) is 18.2 Å². The van der Waals surface area contributed by atoms with Gasteiger partial charge in [0, 0.05) is 6.61 Å². The highest BCUT2D eigenvalue weighted by molar-refractivity contribution is 5.39. The molecule has 0 bridgehead atoms. The second-order valence-electron chi connectivity index (χ2n) is 7.16. The summed E-state index contributed by atoms with van der Waals surface area (Å²) in [6.07, 6.45) is 1.81. The zero-order chi connectivity index (χ0) is 16.7. The maximum absolute atomic E-state index is 10.1. The van der Waals surface area contributed by atoms with Crippen molar-refractivity contribution in [1.82, 2.24) is 0 Å². The number of hydrogen-bond acceptors (Lipinski definition) is 4. The molecule has 5 nitrogen and oxygen atoms in total. The van der Waals surface area contributed by atoms with Crippen LogP contribution in [0.2, 0.25) is 0 Å². The number of hydrogen-bond donors (Lipinski definition) is 2. The van der Waals surface area contributed by atoms with E-state index in [0.717, 1.165) is 19.4 Å². The van der Waals surface area contributed by atoms with Gasteiger partial charge in [0.15, 0.2) is 11.5 Å². The van der Waals surface area contributed by atoms with Crippen molar-refractivity contribution in [2.24, 2.45) is 0 Å². The number of rotatable bonds is 8. The molecule has 0 saturated carbocycles. The number of aliphatic hydroxyl groups excluding tert-OH is 1. The van der Waals surface area contributed by atoms with E-state index in [1.54, 1.807) is 0 Å². The Morgan fingerprint density at radius 2 is 1.96 bits per heavy atom. The van der Waals surface area contributed by atoms with Crippen LogP contribution < -0.4 is 14.8 Å². The molecule has 130 valence electrons. The number of nitrogens with two attached hydrogens (primary N) is 1. The SMILES string of the molecule is CC(C)(C)[NH2+]C[C@H](O)COc1ccccc1OC[C@H]1CCCO1. The molecule has 1 aliphatic rings. The van der Waals surface area contributed by atoms with Crippen LogP contribution in [0.5, 0.6) is 11.5 Å². The molecule has 0 aliphatic carbocycles. The first-order chi connectivity index (χ1) is 10.9. The van der Waals surface area contributed by atoms with E-state index in [9.17, 15) is 5.11 Å². The summed E-state index contributed by atoms with van der Waals surface area (Å²) in [5.41, 5.74) is 0.100. The molecule has 2 rings (SSSR count). The Morgan fingerprint density at radius 1 is 1.26 bits per heavy atom. The number of para-hydroxylation sites is 2. The monoisotopic (exact) mass is 324 g/mol. The Labute approximate surface area is 138 Å². The molecule has 3 N–H and O–H groups in total. The van der Waals surface area contributed by atoms with Crippen molar-refractivity contribution < 1.29 is 24.6 Å². The lowest BCUT2D eigenvalue weighted by Crippen LogP contribution is -2.96. The van der Waals surface area contributed by atoms with Crippen LogP contribution in [0, 0.1) is 0 Å². The predicted molar refractivity (Wildman–Crippen MR) is 89.0 cm³/mol. The Balaban J connectivity index is 1.79. The quantitative estimate of drug-likeness (QED) is 0.757. The van der Waals surface area contributed by atoms with E-state index in [0.29, 0.717) is 24.7 Å². The van der Waals surface area contributed by atoms with E-state index in [4.69, 9.17) is 14.2 Å². The van der Waals surface area contributed by atoms with Gasteiger partial charge < -0.3 is 24.6 Å². The fourth-order valence-corrected chi connectivity index (χ4v) is 2.39. The van der Waals surface area contributed by atoms with Gasteiger partial charge in [0.1, 0.15) is 25.9 Å². The van der Waals surface area contributed by atoms with Gasteiger partial charge >= 0.3 is 0 Å². The Kier molecular flexibility index (Phi) is 6.69. The first-order valence-corrected chi connectivity index (χ1v) is 8.43. The number of quaternary nitrogens is 1. The van der Waals surface area contributed by atoms with Crippen LogP contribution in [0.4, 0.5) is 0 Å². The van der Waals surface area contributed by atoms with Gasteiger partial charge in [-0.15, -0.1) is 0 Å². The van der Waals surface area contributed by atoms with Gasteiger partial charge in [-0.2, -0.15) is 0 Å². The molecule has 2 atom stereocenters. The molecule has 1 aromatic rings.